The predicted octanol–water partition coefficient (Wildman–Crippen LogP) is 3.88. The van der Waals surface area contributed by atoms with Crippen LogP contribution in [0.5, 0.6) is 5.75 Å². The molecular weight excluding hydrogens is 234 g/mol. The van der Waals surface area contributed by atoms with Crippen molar-refractivity contribution in [1.29, 1.82) is 0 Å². The summed E-state index contributed by atoms with van der Waals surface area (Å²) in [7, 11) is 0. The molecule has 2 nitrogen and oxygen atoms in total. The summed E-state index contributed by atoms with van der Waals surface area (Å²) in [5.41, 5.74) is 2.20. The Kier molecular flexibility index (Phi) is 3.99. The van der Waals surface area contributed by atoms with Gasteiger partial charge in [0.25, 0.3) is 0 Å². The molecule has 0 unspecified atom stereocenters. The second kappa shape index (κ2) is 5.69. The van der Waals surface area contributed by atoms with Gasteiger partial charge in [-0.3, -0.25) is 0 Å². The first kappa shape index (κ1) is 11.9. The zero-order valence-corrected chi connectivity index (χ0v) is 10.4. The summed E-state index contributed by atoms with van der Waals surface area (Å²) in [5.74, 6) is 0.849. The molecular formula is C14H14ClNO. The lowest BCUT2D eigenvalue weighted by atomic mass is 10.2. The number of rotatable bonds is 4. The number of aryl methyl sites for hydroxylation is 1. The van der Waals surface area contributed by atoms with Crippen LogP contribution in [0.15, 0.2) is 42.6 Å². The summed E-state index contributed by atoms with van der Waals surface area (Å²) < 4.78 is 5.65. The maximum absolute atomic E-state index is 5.95. The van der Waals surface area contributed by atoms with Gasteiger partial charge in [-0.15, -0.1) is 0 Å². The normalized spacial score (nSPS) is 10.2. The van der Waals surface area contributed by atoms with E-state index in [1.807, 2.05) is 24.3 Å². The van der Waals surface area contributed by atoms with E-state index in [4.69, 9.17) is 16.3 Å². The summed E-state index contributed by atoms with van der Waals surface area (Å²) in [6.07, 6.45) is 2.70. The van der Waals surface area contributed by atoms with Crippen molar-refractivity contribution in [2.75, 3.05) is 0 Å². The molecule has 0 radical (unpaired) electrons. The van der Waals surface area contributed by atoms with Crippen molar-refractivity contribution in [3.8, 4) is 5.75 Å². The number of halogens is 1. The standard InChI is InChI=1S/C14H14ClNO/c1-2-11-5-7-13(8-6-11)17-10-12-4-3-9-16-14(12)15/h3-9H,2,10H2,1H3. The van der Waals surface area contributed by atoms with Gasteiger partial charge in [-0.1, -0.05) is 36.7 Å². The van der Waals surface area contributed by atoms with Gasteiger partial charge in [0.05, 0.1) is 0 Å². The number of hydrogen-bond acceptors (Lipinski definition) is 2. The Morgan fingerprint density at radius 3 is 2.59 bits per heavy atom. The van der Waals surface area contributed by atoms with Crippen LogP contribution in [0.4, 0.5) is 0 Å². The molecule has 0 spiro atoms. The van der Waals surface area contributed by atoms with Gasteiger partial charge in [0.1, 0.15) is 17.5 Å². The largest absolute Gasteiger partial charge is 0.489 e. The second-order valence-corrected chi connectivity index (χ2v) is 4.10. The lowest BCUT2D eigenvalue weighted by molar-refractivity contribution is 0.306. The number of ether oxygens (including phenoxy) is 1. The van der Waals surface area contributed by atoms with Crippen LogP contribution in [-0.2, 0) is 13.0 Å². The zero-order valence-electron chi connectivity index (χ0n) is 9.69. The molecule has 0 aliphatic rings. The fourth-order valence-corrected chi connectivity index (χ4v) is 1.68. The van der Waals surface area contributed by atoms with Crippen molar-refractivity contribution in [2.24, 2.45) is 0 Å². The Bertz CT molecular complexity index is 482. The van der Waals surface area contributed by atoms with E-state index >= 15 is 0 Å². The average Bonchev–Trinajstić information content (AvgIpc) is 2.38. The Balaban J connectivity index is 2.00. The quantitative estimate of drug-likeness (QED) is 0.765. The van der Waals surface area contributed by atoms with Crippen molar-refractivity contribution < 1.29 is 4.74 Å². The summed E-state index contributed by atoms with van der Waals surface area (Å²) >= 11 is 5.95. The highest BCUT2D eigenvalue weighted by molar-refractivity contribution is 6.30. The van der Waals surface area contributed by atoms with Crippen LogP contribution in [0.1, 0.15) is 18.1 Å². The minimum atomic E-state index is 0.443. The minimum absolute atomic E-state index is 0.443. The first-order chi connectivity index (χ1) is 8.29. The van der Waals surface area contributed by atoms with Crippen LogP contribution in [0, 0.1) is 0 Å². The fraction of sp³-hybridized carbons (Fsp3) is 0.214. The van der Waals surface area contributed by atoms with E-state index < -0.39 is 0 Å². The first-order valence-electron chi connectivity index (χ1n) is 5.60. The highest BCUT2D eigenvalue weighted by Crippen LogP contribution is 2.17. The maximum atomic E-state index is 5.95. The molecule has 0 saturated heterocycles. The molecule has 0 amide bonds. The highest BCUT2D eigenvalue weighted by atomic mass is 35.5. The van der Waals surface area contributed by atoms with Crippen LogP contribution < -0.4 is 4.74 Å². The topological polar surface area (TPSA) is 22.1 Å². The van der Waals surface area contributed by atoms with Gasteiger partial charge in [-0.25, -0.2) is 4.98 Å². The lowest BCUT2D eigenvalue weighted by Crippen LogP contribution is -1.97. The van der Waals surface area contributed by atoms with Crippen molar-refractivity contribution in [3.05, 3.63) is 58.9 Å². The van der Waals surface area contributed by atoms with E-state index in [9.17, 15) is 0 Å². The van der Waals surface area contributed by atoms with E-state index in [1.165, 1.54) is 5.56 Å². The Labute approximate surface area is 106 Å². The van der Waals surface area contributed by atoms with Crippen LogP contribution in [-0.4, -0.2) is 4.98 Å². The highest BCUT2D eigenvalue weighted by Gasteiger charge is 2.01. The van der Waals surface area contributed by atoms with Crippen LogP contribution in [0.25, 0.3) is 0 Å². The van der Waals surface area contributed by atoms with Crippen LogP contribution >= 0.6 is 11.6 Å². The van der Waals surface area contributed by atoms with E-state index in [1.54, 1.807) is 6.20 Å². The van der Waals surface area contributed by atoms with Crippen molar-refractivity contribution in [1.82, 2.24) is 4.98 Å². The predicted molar refractivity (Wildman–Crippen MR) is 69.4 cm³/mol. The molecule has 0 aliphatic carbocycles. The van der Waals surface area contributed by atoms with Crippen LogP contribution in [0.3, 0.4) is 0 Å². The molecule has 1 aromatic heterocycles. The molecule has 17 heavy (non-hydrogen) atoms. The Morgan fingerprint density at radius 2 is 1.94 bits per heavy atom. The zero-order chi connectivity index (χ0) is 12.1. The average molecular weight is 248 g/mol. The summed E-state index contributed by atoms with van der Waals surface area (Å²) in [6.45, 7) is 2.57. The third kappa shape index (κ3) is 3.21. The van der Waals surface area contributed by atoms with Gasteiger partial charge < -0.3 is 4.74 Å². The molecule has 0 atom stereocenters. The molecule has 1 heterocycles. The van der Waals surface area contributed by atoms with Gasteiger partial charge in [-0.2, -0.15) is 0 Å². The maximum Gasteiger partial charge on any atom is 0.135 e. The molecule has 0 aliphatic heterocycles. The van der Waals surface area contributed by atoms with Gasteiger partial charge >= 0.3 is 0 Å². The lowest BCUT2D eigenvalue weighted by Gasteiger charge is -2.07. The Morgan fingerprint density at radius 1 is 1.18 bits per heavy atom. The molecule has 0 N–H and O–H groups in total. The summed E-state index contributed by atoms with van der Waals surface area (Å²) in [6, 6.07) is 11.9. The molecule has 2 rings (SSSR count). The molecule has 2 aromatic rings. The van der Waals surface area contributed by atoms with E-state index in [2.05, 4.69) is 24.0 Å². The van der Waals surface area contributed by atoms with Gasteiger partial charge in [0.15, 0.2) is 0 Å². The van der Waals surface area contributed by atoms with Crippen molar-refractivity contribution >= 4 is 11.6 Å². The van der Waals surface area contributed by atoms with Gasteiger partial charge in [-0.05, 0) is 30.2 Å². The smallest absolute Gasteiger partial charge is 0.135 e. The number of pyridine rings is 1. The first-order valence-corrected chi connectivity index (χ1v) is 5.98. The second-order valence-electron chi connectivity index (χ2n) is 3.74. The summed E-state index contributed by atoms with van der Waals surface area (Å²) in [4.78, 5) is 4.00. The van der Waals surface area contributed by atoms with E-state index in [-0.39, 0.29) is 0 Å². The molecule has 88 valence electrons. The van der Waals surface area contributed by atoms with E-state index in [0.29, 0.717) is 11.8 Å². The third-order valence-electron chi connectivity index (χ3n) is 2.56. The fourth-order valence-electron chi connectivity index (χ4n) is 1.51. The number of aromatic nitrogens is 1. The number of benzene rings is 1. The molecule has 0 saturated carbocycles. The van der Waals surface area contributed by atoms with Crippen molar-refractivity contribution in [3.63, 3.8) is 0 Å². The van der Waals surface area contributed by atoms with Crippen molar-refractivity contribution in [2.45, 2.75) is 20.0 Å². The molecule has 3 heteroatoms. The monoisotopic (exact) mass is 247 g/mol. The van der Waals surface area contributed by atoms with Gasteiger partial charge in [0.2, 0.25) is 0 Å². The minimum Gasteiger partial charge on any atom is -0.489 e. The molecule has 1 aromatic carbocycles. The van der Waals surface area contributed by atoms with E-state index in [0.717, 1.165) is 17.7 Å². The number of hydrogen-bond donors (Lipinski definition) is 0. The van der Waals surface area contributed by atoms with Gasteiger partial charge in [0, 0.05) is 11.8 Å². The molecule has 0 fully saturated rings. The summed E-state index contributed by atoms with van der Waals surface area (Å²) in [5, 5.41) is 0.498. The van der Waals surface area contributed by atoms with Crippen LogP contribution in [0.2, 0.25) is 5.15 Å². The number of nitrogens with zero attached hydrogens (tertiary/aromatic N) is 1. The third-order valence-corrected chi connectivity index (χ3v) is 2.90. The SMILES string of the molecule is CCc1ccc(OCc2cccnc2Cl)cc1. The Hall–Kier alpha value is -1.54. The molecule has 0 bridgehead atoms.